The van der Waals surface area contributed by atoms with E-state index in [1.54, 1.807) is 0 Å². The zero-order valence-electron chi connectivity index (χ0n) is 13.4. The first kappa shape index (κ1) is 15.7. The van der Waals surface area contributed by atoms with Crippen LogP contribution in [0.25, 0.3) is 0 Å². The molecular weight excluding hydrogens is 292 g/mol. The third-order valence-electron chi connectivity index (χ3n) is 4.07. The lowest BCUT2D eigenvalue weighted by Gasteiger charge is -2.18. The fourth-order valence-corrected chi connectivity index (χ4v) is 2.71. The Morgan fingerprint density at radius 1 is 1.39 bits per heavy atom. The van der Waals surface area contributed by atoms with Crippen LogP contribution in [0.3, 0.4) is 0 Å². The quantitative estimate of drug-likeness (QED) is 0.785. The second kappa shape index (κ2) is 6.93. The smallest absolute Gasteiger partial charge is 0.226 e. The fraction of sp³-hybridized carbons (Fsp3) is 0.412. The first-order valence-corrected chi connectivity index (χ1v) is 7.91. The monoisotopic (exact) mass is 314 g/mol. The van der Waals surface area contributed by atoms with Crippen molar-refractivity contribution in [2.75, 3.05) is 6.54 Å². The van der Waals surface area contributed by atoms with E-state index in [2.05, 4.69) is 21.3 Å². The van der Waals surface area contributed by atoms with Crippen LogP contribution in [0.5, 0.6) is 0 Å². The van der Waals surface area contributed by atoms with Gasteiger partial charge in [-0.2, -0.15) is 0 Å². The minimum Gasteiger partial charge on any atom is -0.361 e. The average molecular weight is 314 g/mol. The van der Waals surface area contributed by atoms with Crippen molar-refractivity contribution in [3.8, 4) is 0 Å². The predicted molar refractivity (Wildman–Crippen MR) is 86.3 cm³/mol. The van der Waals surface area contributed by atoms with Crippen LogP contribution >= 0.6 is 0 Å². The minimum atomic E-state index is -0.158. The molecule has 23 heavy (non-hydrogen) atoms. The van der Waals surface area contributed by atoms with Gasteiger partial charge in [0.2, 0.25) is 5.91 Å². The maximum Gasteiger partial charge on any atom is 0.226 e. The molecule has 2 unspecified atom stereocenters. The number of hydrogen-bond donors (Lipinski definition) is 3. The standard InChI is InChI=1S/C17H22N4O2/c1-11(2)15-8-13(21-23-15)9-18-17(22)14-10-19-20-16(14)12-6-4-3-5-7-12/h3-8,11,14,16,19-20H,9-10H2,1-2H3,(H,18,22). The molecule has 0 aliphatic carbocycles. The van der Waals surface area contributed by atoms with E-state index in [1.165, 1.54) is 0 Å². The van der Waals surface area contributed by atoms with Gasteiger partial charge < -0.3 is 9.84 Å². The maximum atomic E-state index is 12.5. The Hall–Kier alpha value is -2.18. The molecule has 3 rings (SSSR count). The van der Waals surface area contributed by atoms with Crippen LogP contribution < -0.4 is 16.2 Å². The molecule has 6 nitrogen and oxygen atoms in total. The van der Waals surface area contributed by atoms with Gasteiger partial charge in [0.05, 0.1) is 18.5 Å². The zero-order chi connectivity index (χ0) is 16.2. The largest absolute Gasteiger partial charge is 0.361 e. The number of carbonyl (C=O) groups is 1. The van der Waals surface area contributed by atoms with E-state index in [0.717, 1.165) is 17.0 Å². The van der Waals surface area contributed by atoms with Gasteiger partial charge in [0.1, 0.15) is 11.5 Å². The highest BCUT2D eigenvalue weighted by atomic mass is 16.5. The van der Waals surface area contributed by atoms with Gasteiger partial charge in [0, 0.05) is 18.5 Å². The van der Waals surface area contributed by atoms with Crippen molar-refractivity contribution in [2.45, 2.75) is 32.4 Å². The molecule has 1 aromatic carbocycles. The molecule has 1 aliphatic heterocycles. The van der Waals surface area contributed by atoms with Crippen molar-refractivity contribution in [3.63, 3.8) is 0 Å². The average Bonchev–Trinajstić information content (AvgIpc) is 3.23. The van der Waals surface area contributed by atoms with Gasteiger partial charge in [0.25, 0.3) is 0 Å². The van der Waals surface area contributed by atoms with E-state index in [9.17, 15) is 4.79 Å². The van der Waals surface area contributed by atoms with Crippen molar-refractivity contribution in [3.05, 3.63) is 53.4 Å². The van der Waals surface area contributed by atoms with Gasteiger partial charge in [-0.25, -0.2) is 5.43 Å². The van der Waals surface area contributed by atoms with E-state index < -0.39 is 0 Å². The number of hydrazine groups is 1. The maximum absolute atomic E-state index is 12.5. The summed E-state index contributed by atoms with van der Waals surface area (Å²) >= 11 is 0. The minimum absolute atomic E-state index is 0.00505. The molecule has 2 aromatic rings. The molecule has 1 saturated heterocycles. The summed E-state index contributed by atoms with van der Waals surface area (Å²) in [5, 5.41) is 6.94. The molecule has 6 heteroatoms. The number of hydrogen-bond acceptors (Lipinski definition) is 5. The van der Waals surface area contributed by atoms with Gasteiger partial charge >= 0.3 is 0 Å². The van der Waals surface area contributed by atoms with Gasteiger partial charge in [-0.3, -0.25) is 10.2 Å². The molecular formula is C17H22N4O2. The summed E-state index contributed by atoms with van der Waals surface area (Å²) in [6.07, 6.45) is 0. The summed E-state index contributed by atoms with van der Waals surface area (Å²) in [5.74, 6) is 0.970. The Labute approximate surface area is 135 Å². The molecule has 1 aromatic heterocycles. The lowest BCUT2D eigenvalue weighted by molar-refractivity contribution is -0.125. The van der Waals surface area contributed by atoms with E-state index >= 15 is 0 Å². The number of nitrogens with one attached hydrogen (secondary N) is 3. The number of benzene rings is 1. The predicted octanol–water partition coefficient (Wildman–Crippen LogP) is 1.88. The molecule has 2 atom stereocenters. The zero-order valence-corrected chi connectivity index (χ0v) is 13.4. The molecule has 3 N–H and O–H groups in total. The summed E-state index contributed by atoms with van der Waals surface area (Å²) in [4.78, 5) is 12.5. The number of aromatic nitrogens is 1. The second-order valence-corrected chi connectivity index (χ2v) is 6.11. The topological polar surface area (TPSA) is 79.2 Å². The van der Waals surface area contributed by atoms with Crippen LogP contribution in [0.2, 0.25) is 0 Å². The number of amides is 1. The Bertz CT molecular complexity index is 654. The van der Waals surface area contributed by atoms with Crippen molar-refractivity contribution >= 4 is 5.91 Å². The summed E-state index contributed by atoms with van der Waals surface area (Å²) in [7, 11) is 0. The van der Waals surface area contributed by atoms with Crippen molar-refractivity contribution in [1.29, 1.82) is 0 Å². The summed E-state index contributed by atoms with van der Waals surface area (Å²) in [5.41, 5.74) is 8.10. The van der Waals surface area contributed by atoms with Crippen LogP contribution in [-0.2, 0) is 11.3 Å². The Morgan fingerprint density at radius 2 is 2.17 bits per heavy atom. The second-order valence-electron chi connectivity index (χ2n) is 6.11. The van der Waals surface area contributed by atoms with E-state index in [1.807, 2.05) is 50.2 Å². The summed E-state index contributed by atoms with van der Waals surface area (Å²) in [6.45, 7) is 5.07. The fourth-order valence-electron chi connectivity index (χ4n) is 2.71. The van der Waals surface area contributed by atoms with Gasteiger partial charge in [-0.05, 0) is 5.56 Å². The Balaban J connectivity index is 1.61. The Morgan fingerprint density at radius 3 is 2.87 bits per heavy atom. The van der Waals surface area contributed by atoms with Crippen LogP contribution in [0.4, 0.5) is 0 Å². The SMILES string of the molecule is CC(C)c1cc(CNC(=O)C2CNNC2c2ccccc2)no1. The van der Waals surface area contributed by atoms with E-state index in [0.29, 0.717) is 13.1 Å². The van der Waals surface area contributed by atoms with E-state index in [-0.39, 0.29) is 23.8 Å². The van der Waals surface area contributed by atoms with Crippen LogP contribution in [0.15, 0.2) is 40.9 Å². The third-order valence-corrected chi connectivity index (χ3v) is 4.07. The molecule has 122 valence electrons. The first-order chi connectivity index (χ1) is 11.1. The molecule has 1 aliphatic rings. The van der Waals surface area contributed by atoms with Gasteiger partial charge in [-0.1, -0.05) is 49.3 Å². The highest BCUT2D eigenvalue weighted by molar-refractivity contribution is 5.80. The van der Waals surface area contributed by atoms with Crippen molar-refractivity contribution in [2.24, 2.45) is 5.92 Å². The van der Waals surface area contributed by atoms with Gasteiger partial charge in [-0.15, -0.1) is 0 Å². The van der Waals surface area contributed by atoms with Crippen LogP contribution in [-0.4, -0.2) is 17.6 Å². The van der Waals surface area contributed by atoms with Gasteiger partial charge in [0.15, 0.2) is 0 Å². The molecule has 0 radical (unpaired) electrons. The number of rotatable bonds is 5. The lowest BCUT2D eigenvalue weighted by Crippen LogP contribution is -2.34. The van der Waals surface area contributed by atoms with Crippen LogP contribution in [0, 0.1) is 5.92 Å². The van der Waals surface area contributed by atoms with Crippen molar-refractivity contribution < 1.29 is 9.32 Å². The first-order valence-electron chi connectivity index (χ1n) is 7.91. The number of nitrogens with zero attached hydrogens (tertiary/aromatic N) is 1. The number of carbonyl (C=O) groups excluding carboxylic acids is 1. The summed E-state index contributed by atoms with van der Waals surface area (Å²) < 4.78 is 5.25. The lowest BCUT2D eigenvalue weighted by atomic mass is 9.94. The van der Waals surface area contributed by atoms with Crippen molar-refractivity contribution in [1.82, 2.24) is 21.3 Å². The Kier molecular flexibility index (Phi) is 4.73. The molecule has 0 spiro atoms. The molecule has 1 fully saturated rings. The summed E-state index contributed by atoms with van der Waals surface area (Å²) in [6, 6.07) is 11.8. The van der Waals surface area contributed by atoms with Crippen LogP contribution in [0.1, 0.15) is 42.8 Å². The molecule has 1 amide bonds. The third kappa shape index (κ3) is 3.60. The molecule has 0 saturated carbocycles. The normalized spacial score (nSPS) is 20.8. The highest BCUT2D eigenvalue weighted by Crippen LogP contribution is 2.24. The highest BCUT2D eigenvalue weighted by Gasteiger charge is 2.33. The molecule has 2 heterocycles. The molecule has 0 bridgehead atoms. The van der Waals surface area contributed by atoms with E-state index in [4.69, 9.17) is 4.52 Å².